The second-order valence-corrected chi connectivity index (χ2v) is 5.64. The molecule has 1 N–H and O–H groups in total. The molecule has 1 nitrogen and oxygen atoms in total. The molecule has 0 aromatic heterocycles. The normalized spacial score (nSPS) is 12.5. The molecule has 100 valence electrons. The minimum absolute atomic E-state index is 0.0775. The topological polar surface area (TPSA) is 12.0 Å². The van der Waals surface area contributed by atoms with Crippen molar-refractivity contribution in [3.63, 3.8) is 0 Å². The van der Waals surface area contributed by atoms with Crippen molar-refractivity contribution in [1.29, 1.82) is 0 Å². The van der Waals surface area contributed by atoms with Crippen LogP contribution in [0.5, 0.6) is 0 Å². The van der Waals surface area contributed by atoms with Crippen molar-refractivity contribution in [1.82, 2.24) is 5.32 Å². The van der Waals surface area contributed by atoms with Gasteiger partial charge in [-0.15, -0.1) is 0 Å². The molecule has 0 amide bonds. The van der Waals surface area contributed by atoms with E-state index in [9.17, 15) is 4.39 Å². The zero-order valence-corrected chi connectivity index (χ0v) is 12.9. The Hall–Kier alpha value is -1.19. The summed E-state index contributed by atoms with van der Waals surface area (Å²) in [5, 5.41) is 3.32. The van der Waals surface area contributed by atoms with Crippen LogP contribution in [0.2, 0.25) is 0 Å². The molecule has 0 spiro atoms. The van der Waals surface area contributed by atoms with Crippen molar-refractivity contribution < 1.29 is 4.39 Å². The number of benzene rings is 2. The standard InChI is InChI=1S/C16H17BrFN/c1-10-8-14(18)9-11(2)15(10)16(19-3)12-4-6-13(17)7-5-12/h4-9,16,19H,1-3H3. The van der Waals surface area contributed by atoms with E-state index >= 15 is 0 Å². The summed E-state index contributed by atoms with van der Waals surface area (Å²) >= 11 is 3.44. The van der Waals surface area contributed by atoms with E-state index in [4.69, 9.17) is 0 Å². The van der Waals surface area contributed by atoms with Crippen LogP contribution in [0.25, 0.3) is 0 Å². The first-order valence-electron chi connectivity index (χ1n) is 6.22. The van der Waals surface area contributed by atoms with E-state index in [1.807, 2.05) is 33.0 Å². The molecule has 2 aromatic carbocycles. The molecule has 0 aliphatic carbocycles. The van der Waals surface area contributed by atoms with Gasteiger partial charge in [-0.25, -0.2) is 4.39 Å². The summed E-state index contributed by atoms with van der Waals surface area (Å²) in [6.45, 7) is 3.91. The van der Waals surface area contributed by atoms with Crippen molar-refractivity contribution in [2.24, 2.45) is 0 Å². The number of hydrogen-bond donors (Lipinski definition) is 1. The van der Waals surface area contributed by atoms with Crippen LogP contribution in [0.1, 0.15) is 28.3 Å². The Balaban J connectivity index is 2.51. The largest absolute Gasteiger partial charge is 0.309 e. The van der Waals surface area contributed by atoms with Gasteiger partial charge < -0.3 is 5.32 Å². The third-order valence-corrected chi connectivity index (χ3v) is 3.87. The Morgan fingerprint density at radius 3 is 2.05 bits per heavy atom. The third kappa shape index (κ3) is 3.04. The lowest BCUT2D eigenvalue weighted by Crippen LogP contribution is -2.20. The van der Waals surface area contributed by atoms with Crippen LogP contribution in [0.15, 0.2) is 40.9 Å². The maximum Gasteiger partial charge on any atom is 0.123 e. The van der Waals surface area contributed by atoms with E-state index in [-0.39, 0.29) is 11.9 Å². The summed E-state index contributed by atoms with van der Waals surface area (Å²) in [6.07, 6.45) is 0. The predicted molar refractivity (Wildman–Crippen MR) is 80.9 cm³/mol. The quantitative estimate of drug-likeness (QED) is 0.876. The molecule has 2 rings (SSSR count). The third-order valence-electron chi connectivity index (χ3n) is 3.34. The summed E-state index contributed by atoms with van der Waals surface area (Å²) in [5.41, 5.74) is 4.26. The van der Waals surface area contributed by atoms with Crippen LogP contribution in [-0.2, 0) is 0 Å². The van der Waals surface area contributed by atoms with E-state index in [2.05, 4.69) is 33.4 Å². The zero-order valence-electron chi connectivity index (χ0n) is 11.3. The molecular weight excluding hydrogens is 305 g/mol. The first-order chi connectivity index (χ1) is 9.02. The molecule has 0 fully saturated rings. The van der Waals surface area contributed by atoms with Gasteiger partial charge in [-0.3, -0.25) is 0 Å². The maximum absolute atomic E-state index is 13.4. The van der Waals surface area contributed by atoms with Crippen LogP contribution in [0.3, 0.4) is 0 Å². The SMILES string of the molecule is CNC(c1ccc(Br)cc1)c1c(C)cc(F)cc1C. The highest BCUT2D eigenvalue weighted by Crippen LogP contribution is 2.29. The lowest BCUT2D eigenvalue weighted by molar-refractivity contribution is 0.618. The number of nitrogens with one attached hydrogen (secondary N) is 1. The molecular formula is C16H17BrFN. The highest BCUT2D eigenvalue weighted by Gasteiger charge is 2.17. The van der Waals surface area contributed by atoms with Crippen molar-refractivity contribution in [3.05, 3.63) is 68.9 Å². The van der Waals surface area contributed by atoms with Gasteiger partial charge in [0.05, 0.1) is 6.04 Å². The van der Waals surface area contributed by atoms with Gasteiger partial charge in [0.25, 0.3) is 0 Å². The van der Waals surface area contributed by atoms with Gasteiger partial charge in [-0.1, -0.05) is 28.1 Å². The summed E-state index contributed by atoms with van der Waals surface area (Å²) in [5.74, 6) is -0.176. The summed E-state index contributed by atoms with van der Waals surface area (Å²) < 4.78 is 14.5. The minimum Gasteiger partial charge on any atom is -0.309 e. The van der Waals surface area contributed by atoms with E-state index in [1.54, 1.807) is 12.1 Å². The van der Waals surface area contributed by atoms with Gasteiger partial charge in [-0.2, -0.15) is 0 Å². The van der Waals surface area contributed by atoms with Gasteiger partial charge in [0.2, 0.25) is 0 Å². The second-order valence-electron chi connectivity index (χ2n) is 4.73. The average Bonchev–Trinajstić information content (AvgIpc) is 2.35. The number of hydrogen-bond acceptors (Lipinski definition) is 1. The summed E-state index contributed by atoms with van der Waals surface area (Å²) in [7, 11) is 1.93. The molecule has 2 aromatic rings. The van der Waals surface area contributed by atoms with Crippen molar-refractivity contribution in [2.75, 3.05) is 7.05 Å². The number of rotatable bonds is 3. The van der Waals surface area contributed by atoms with Crippen LogP contribution < -0.4 is 5.32 Å². The first-order valence-corrected chi connectivity index (χ1v) is 7.01. The highest BCUT2D eigenvalue weighted by molar-refractivity contribution is 9.10. The maximum atomic E-state index is 13.4. The van der Waals surface area contributed by atoms with E-state index < -0.39 is 0 Å². The molecule has 19 heavy (non-hydrogen) atoms. The fourth-order valence-electron chi connectivity index (χ4n) is 2.51. The monoisotopic (exact) mass is 321 g/mol. The van der Waals surface area contributed by atoms with E-state index in [0.717, 1.165) is 21.2 Å². The van der Waals surface area contributed by atoms with Crippen LogP contribution >= 0.6 is 15.9 Å². The van der Waals surface area contributed by atoms with Crippen LogP contribution in [0.4, 0.5) is 4.39 Å². The van der Waals surface area contributed by atoms with Crippen molar-refractivity contribution >= 4 is 15.9 Å². The fourth-order valence-corrected chi connectivity index (χ4v) is 2.77. The molecule has 0 heterocycles. The molecule has 0 aliphatic heterocycles. The van der Waals surface area contributed by atoms with Gasteiger partial charge >= 0.3 is 0 Å². The average molecular weight is 322 g/mol. The smallest absolute Gasteiger partial charge is 0.123 e. The van der Waals surface area contributed by atoms with Gasteiger partial charge in [-0.05, 0) is 67.4 Å². The lowest BCUT2D eigenvalue weighted by Gasteiger charge is -2.22. The molecule has 0 saturated carbocycles. The van der Waals surface area contributed by atoms with Crippen molar-refractivity contribution in [2.45, 2.75) is 19.9 Å². The first kappa shape index (κ1) is 14.2. The Bertz CT molecular complexity index is 555. The molecule has 0 saturated heterocycles. The highest BCUT2D eigenvalue weighted by atomic mass is 79.9. The Kier molecular flexibility index (Phi) is 4.38. The Labute approximate surface area is 122 Å². The fraction of sp³-hybridized carbons (Fsp3) is 0.250. The zero-order chi connectivity index (χ0) is 14.0. The van der Waals surface area contributed by atoms with E-state index in [1.165, 1.54) is 5.56 Å². The van der Waals surface area contributed by atoms with Gasteiger partial charge in [0.1, 0.15) is 5.82 Å². The molecule has 1 unspecified atom stereocenters. The lowest BCUT2D eigenvalue weighted by atomic mass is 9.91. The molecule has 0 aliphatic rings. The van der Waals surface area contributed by atoms with Crippen molar-refractivity contribution in [3.8, 4) is 0 Å². The molecule has 1 atom stereocenters. The summed E-state index contributed by atoms with van der Waals surface area (Å²) in [6, 6.07) is 11.5. The molecule has 0 bridgehead atoms. The molecule has 0 radical (unpaired) electrons. The van der Waals surface area contributed by atoms with Crippen LogP contribution in [-0.4, -0.2) is 7.05 Å². The van der Waals surface area contributed by atoms with E-state index in [0.29, 0.717) is 0 Å². The molecule has 3 heteroatoms. The Morgan fingerprint density at radius 2 is 1.58 bits per heavy atom. The second kappa shape index (κ2) is 5.85. The number of halogens is 2. The number of aryl methyl sites for hydroxylation is 2. The summed E-state index contributed by atoms with van der Waals surface area (Å²) in [4.78, 5) is 0. The Morgan fingerprint density at radius 1 is 1.05 bits per heavy atom. The predicted octanol–water partition coefficient (Wildman–Crippen LogP) is 4.51. The van der Waals surface area contributed by atoms with Gasteiger partial charge in [0.15, 0.2) is 0 Å². The van der Waals surface area contributed by atoms with Gasteiger partial charge in [0, 0.05) is 4.47 Å². The van der Waals surface area contributed by atoms with Crippen LogP contribution in [0, 0.1) is 19.7 Å². The minimum atomic E-state index is -0.176.